The third kappa shape index (κ3) is 4.40. The van der Waals surface area contributed by atoms with Gasteiger partial charge >= 0.3 is 6.01 Å². The molecule has 0 radical (unpaired) electrons. The van der Waals surface area contributed by atoms with E-state index >= 15 is 0 Å². The molecular formula is C20H25N9O3. The second kappa shape index (κ2) is 8.91. The minimum atomic E-state index is -0.540. The van der Waals surface area contributed by atoms with Crippen LogP contribution in [0.3, 0.4) is 0 Å². The van der Waals surface area contributed by atoms with Crippen LogP contribution in [0.4, 0.5) is 11.8 Å². The highest BCUT2D eigenvalue weighted by atomic mass is 16.5. The lowest BCUT2D eigenvalue weighted by Gasteiger charge is -2.30. The van der Waals surface area contributed by atoms with Gasteiger partial charge in [-0.2, -0.15) is 14.6 Å². The summed E-state index contributed by atoms with van der Waals surface area (Å²) in [5.74, 6) is 0.779. The summed E-state index contributed by atoms with van der Waals surface area (Å²) >= 11 is 0. The Kier molecular flexibility index (Phi) is 5.67. The first-order chi connectivity index (χ1) is 15.7. The summed E-state index contributed by atoms with van der Waals surface area (Å²) in [5.41, 5.74) is 6.23. The lowest BCUT2D eigenvalue weighted by atomic mass is 9.93. The Morgan fingerprint density at radius 1 is 1.12 bits per heavy atom. The van der Waals surface area contributed by atoms with Crippen LogP contribution in [0.15, 0.2) is 24.8 Å². The van der Waals surface area contributed by atoms with Crippen molar-refractivity contribution in [3.05, 3.63) is 30.4 Å². The van der Waals surface area contributed by atoms with Crippen LogP contribution in [0.25, 0.3) is 5.65 Å². The molecule has 1 aliphatic carbocycles. The number of hydrogen-bond acceptors (Lipinski definition) is 10. The van der Waals surface area contributed by atoms with Gasteiger partial charge in [0, 0.05) is 37.6 Å². The molecule has 3 aromatic heterocycles. The van der Waals surface area contributed by atoms with Crippen LogP contribution in [0.2, 0.25) is 0 Å². The number of ether oxygens (including phenoxy) is 2. The van der Waals surface area contributed by atoms with Crippen molar-refractivity contribution in [2.24, 2.45) is 5.73 Å². The second-order valence-corrected chi connectivity index (χ2v) is 7.92. The molecule has 1 aliphatic heterocycles. The third-order valence-corrected chi connectivity index (χ3v) is 5.77. The van der Waals surface area contributed by atoms with Crippen molar-refractivity contribution in [1.82, 2.24) is 29.5 Å². The Balaban J connectivity index is 1.22. The molecule has 12 nitrogen and oxygen atoms in total. The zero-order valence-electron chi connectivity index (χ0n) is 17.6. The molecule has 0 aromatic carbocycles. The first-order valence-corrected chi connectivity index (χ1v) is 10.7. The van der Waals surface area contributed by atoms with E-state index in [1.54, 1.807) is 4.52 Å². The molecule has 2 fully saturated rings. The van der Waals surface area contributed by atoms with Crippen molar-refractivity contribution in [3.63, 3.8) is 0 Å². The van der Waals surface area contributed by atoms with E-state index in [4.69, 9.17) is 20.2 Å². The van der Waals surface area contributed by atoms with Crippen LogP contribution in [0.5, 0.6) is 6.01 Å². The number of morpholine rings is 1. The summed E-state index contributed by atoms with van der Waals surface area (Å²) in [6, 6.07) is 2.62. The highest BCUT2D eigenvalue weighted by Crippen LogP contribution is 2.26. The monoisotopic (exact) mass is 439 g/mol. The molecule has 0 unspecified atom stereocenters. The quantitative estimate of drug-likeness (QED) is 0.561. The summed E-state index contributed by atoms with van der Waals surface area (Å²) < 4.78 is 13.4. The zero-order chi connectivity index (χ0) is 21.9. The number of rotatable bonds is 6. The lowest BCUT2D eigenvalue weighted by molar-refractivity contribution is 0.0999. The summed E-state index contributed by atoms with van der Waals surface area (Å²) in [7, 11) is 0. The number of fused-ring (bicyclic) bond motifs is 1. The van der Waals surface area contributed by atoms with Gasteiger partial charge in [0.05, 0.1) is 18.8 Å². The predicted molar refractivity (Wildman–Crippen MR) is 115 cm³/mol. The van der Waals surface area contributed by atoms with E-state index < -0.39 is 5.91 Å². The molecule has 2 aliphatic rings. The van der Waals surface area contributed by atoms with Crippen molar-refractivity contribution in [1.29, 1.82) is 0 Å². The number of nitrogens with zero attached hydrogens (tertiary/aromatic N) is 7. The highest BCUT2D eigenvalue weighted by Gasteiger charge is 2.25. The number of hydrogen-bond donors (Lipinski definition) is 2. The highest BCUT2D eigenvalue weighted by molar-refractivity contribution is 5.92. The van der Waals surface area contributed by atoms with Crippen molar-refractivity contribution in [2.75, 3.05) is 36.5 Å². The molecule has 32 heavy (non-hydrogen) atoms. The molecule has 168 valence electrons. The maximum atomic E-state index is 11.1. The average molecular weight is 439 g/mol. The van der Waals surface area contributed by atoms with Gasteiger partial charge in [-0.3, -0.25) is 4.79 Å². The fourth-order valence-electron chi connectivity index (χ4n) is 4.01. The Morgan fingerprint density at radius 2 is 1.88 bits per heavy atom. The molecule has 1 saturated heterocycles. The molecule has 5 rings (SSSR count). The standard InChI is InChI=1S/C20H25N9O3/c21-18(30)13-10-22-19(23-11-13)26-14-1-3-15(4-2-14)32-20-27-17(28-5-7-31-8-6-28)9-16-24-12-25-29(16)20/h9-12,14-15H,1-8H2,(H2,21,30)(H,22,23,26)/t14-,15+. The van der Waals surface area contributed by atoms with Gasteiger partial charge in [0.2, 0.25) is 5.95 Å². The first-order valence-electron chi connectivity index (χ1n) is 10.7. The number of aromatic nitrogens is 6. The normalized spacial score (nSPS) is 21.4. The molecule has 12 heteroatoms. The van der Waals surface area contributed by atoms with E-state index in [0.29, 0.717) is 36.4 Å². The van der Waals surface area contributed by atoms with Crippen LogP contribution in [0, 0.1) is 0 Å². The molecule has 1 amide bonds. The van der Waals surface area contributed by atoms with Gasteiger partial charge in [0.25, 0.3) is 5.91 Å². The molecule has 1 saturated carbocycles. The Bertz CT molecular complexity index is 1070. The van der Waals surface area contributed by atoms with E-state index in [1.165, 1.54) is 18.7 Å². The molecule has 0 spiro atoms. The smallest absolute Gasteiger partial charge is 0.321 e. The maximum absolute atomic E-state index is 11.1. The van der Waals surface area contributed by atoms with Crippen LogP contribution in [0.1, 0.15) is 36.0 Å². The van der Waals surface area contributed by atoms with Gasteiger partial charge in [0.15, 0.2) is 5.65 Å². The molecule has 4 heterocycles. The van der Waals surface area contributed by atoms with E-state index in [-0.39, 0.29) is 12.1 Å². The van der Waals surface area contributed by atoms with E-state index in [1.807, 2.05) is 6.07 Å². The number of nitrogens with one attached hydrogen (secondary N) is 1. The Hall–Kier alpha value is -3.54. The number of anilines is 2. The van der Waals surface area contributed by atoms with Crippen molar-refractivity contribution < 1.29 is 14.3 Å². The zero-order valence-corrected chi connectivity index (χ0v) is 17.6. The second-order valence-electron chi connectivity index (χ2n) is 7.92. The van der Waals surface area contributed by atoms with E-state index in [2.05, 4.69) is 30.3 Å². The number of amides is 1. The van der Waals surface area contributed by atoms with E-state index in [9.17, 15) is 4.79 Å². The van der Waals surface area contributed by atoms with Gasteiger partial charge in [0.1, 0.15) is 18.2 Å². The summed E-state index contributed by atoms with van der Waals surface area (Å²) in [6.07, 6.45) is 7.92. The van der Waals surface area contributed by atoms with Crippen LogP contribution < -0.4 is 20.7 Å². The number of carbonyl (C=O) groups is 1. The number of primary amides is 1. The summed E-state index contributed by atoms with van der Waals surface area (Å²) in [6.45, 7) is 2.94. The minimum absolute atomic E-state index is 0.0334. The summed E-state index contributed by atoms with van der Waals surface area (Å²) in [5, 5.41) is 7.59. The lowest BCUT2D eigenvalue weighted by Crippen LogP contribution is -2.37. The third-order valence-electron chi connectivity index (χ3n) is 5.77. The number of carbonyl (C=O) groups excluding carboxylic acids is 1. The molecule has 0 bridgehead atoms. The minimum Gasteiger partial charge on any atom is -0.460 e. The van der Waals surface area contributed by atoms with Gasteiger partial charge in [-0.1, -0.05) is 0 Å². The first kappa shape index (κ1) is 20.4. The maximum Gasteiger partial charge on any atom is 0.321 e. The molecular weight excluding hydrogens is 414 g/mol. The predicted octanol–water partition coefficient (Wildman–Crippen LogP) is 0.652. The largest absolute Gasteiger partial charge is 0.460 e. The summed E-state index contributed by atoms with van der Waals surface area (Å²) in [4.78, 5) is 30.7. The fourth-order valence-corrected chi connectivity index (χ4v) is 4.01. The SMILES string of the molecule is NC(=O)c1cnc(N[C@H]2CC[C@@H](Oc3nc(N4CCOCC4)cc4ncnn34)CC2)nc1. The number of nitrogens with two attached hydrogens (primary N) is 1. The van der Waals surface area contributed by atoms with Gasteiger partial charge in [-0.05, 0) is 25.7 Å². The topological polar surface area (TPSA) is 146 Å². The molecule has 3 N–H and O–H groups in total. The van der Waals surface area contributed by atoms with Gasteiger partial charge in [-0.15, -0.1) is 0 Å². The Labute approximate surface area is 184 Å². The van der Waals surface area contributed by atoms with Crippen molar-refractivity contribution in [3.8, 4) is 6.01 Å². The Morgan fingerprint density at radius 3 is 2.59 bits per heavy atom. The van der Waals surface area contributed by atoms with Crippen molar-refractivity contribution >= 4 is 23.3 Å². The van der Waals surface area contributed by atoms with Crippen LogP contribution >= 0.6 is 0 Å². The van der Waals surface area contributed by atoms with Crippen LogP contribution in [-0.4, -0.2) is 73.9 Å². The van der Waals surface area contributed by atoms with Gasteiger partial charge in [-0.25, -0.2) is 15.0 Å². The fraction of sp³-hybridized carbons (Fsp3) is 0.500. The van der Waals surface area contributed by atoms with E-state index in [0.717, 1.165) is 44.6 Å². The van der Waals surface area contributed by atoms with Gasteiger partial charge < -0.3 is 25.4 Å². The molecule has 0 atom stereocenters. The van der Waals surface area contributed by atoms with Crippen molar-refractivity contribution in [2.45, 2.75) is 37.8 Å². The average Bonchev–Trinajstić information content (AvgIpc) is 3.30. The van der Waals surface area contributed by atoms with Crippen LogP contribution in [-0.2, 0) is 4.74 Å². The molecule has 3 aromatic rings.